The molecule has 0 saturated carbocycles. The number of methoxy groups -OCH3 is 1. The molecule has 1 aliphatic rings. The Morgan fingerprint density at radius 3 is 1.88 bits per heavy atom. The molecule has 0 radical (unpaired) electrons. The van der Waals surface area contributed by atoms with Crippen molar-refractivity contribution in [1.82, 2.24) is 19.1 Å². The molecule has 0 saturated heterocycles. The van der Waals surface area contributed by atoms with Crippen molar-refractivity contribution in [3.05, 3.63) is 152 Å². The van der Waals surface area contributed by atoms with Crippen molar-refractivity contribution in [2.75, 3.05) is 7.11 Å². The molecule has 0 N–H and O–H groups in total. The van der Waals surface area contributed by atoms with Crippen molar-refractivity contribution in [3.8, 4) is 51.3 Å². The van der Waals surface area contributed by atoms with E-state index in [1.807, 2.05) is 36.4 Å². The Hall–Kier alpha value is -6.92. The summed E-state index contributed by atoms with van der Waals surface area (Å²) in [4.78, 5) is 10.4. The van der Waals surface area contributed by atoms with Crippen LogP contribution in [0.15, 0.2) is 152 Å². The fraction of sp³-hybridized carbons (Fsp3) is 0.0222. The highest BCUT2D eigenvalue weighted by atomic mass is 16.5. The molecular weight excluding hydrogens is 629 g/mol. The Morgan fingerprint density at radius 2 is 1.16 bits per heavy atom. The molecule has 0 amide bonds. The van der Waals surface area contributed by atoms with E-state index in [9.17, 15) is 0 Å². The first kappa shape index (κ1) is 28.0. The number of rotatable bonds is 4. The van der Waals surface area contributed by atoms with E-state index in [1.54, 1.807) is 7.11 Å². The van der Waals surface area contributed by atoms with Gasteiger partial charge in [0.2, 0.25) is 5.95 Å². The lowest BCUT2D eigenvalue weighted by atomic mass is 10.0. The molecule has 0 aliphatic carbocycles. The molecule has 1 aliphatic heterocycles. The molecule has 6 heteroatoms. The standard InChI is InChI=1S/C45H28N4O2/c1-50-30-20-21-33-42(26-30)51-41-17-9-14-36-43(41)44(33)47-45(46-36)49-38-16-8-6-13-32(38)35-25-28(19-23-40(35)49)27-18-22-39-34(24-27)31-12-5-7-15-37(31)48(39)29-10-3-2-4-11-29/h2-26H,1H3. The zero-order valence-electron chi connectivity index (χ0n) is 27.5. The summed E-state index contributed by atoms with van der Waals surface area (Å²) in [6.45, 7) is 0. The number of hydrogen-bond donors (Lipinski definition) is 0. The van der Waals surface area contributed by atoms with E-state index in [0.717, 1.165) is 72.5 Å². The third-order valence-electron chi connectivity index (χ3n) is 10.2. The zero-order valence-corrected chi connectivity index (χ0v) is 27.5. The van der Waals surface area contributed by atoms with Gasteiger partial charge in [-0.15, -0.1) is 0 Å². The Labute approximate surface area is 292 Å². The molecule has 6 nitrogen and oxygen atoms in total. The van der Waals surface area contributed by atoms with Gasteiger partial charge >= 0.3 is 0 Å². The zero-order chi connectivity index (χ0) is 33.6. The predicted molar refractivity (Wildman–Crippen MR) is 206 cm³/mol. The van der Waals surface area contributed by atoms with Gasteiger partial charge in [0.25, 0.3) is 0 Å². The Bertz CT molecular complexity index is 3050. The van der Waals surface area contributed by atoms with Crippen molar-refractivity contribution in [2.24, 2.45) is 0 Å². The van der Waals surface area contributed by atoms with Crippen LogP contribution in [0.1, 0.15) is 0 Å². The fourth-order valence-electron chi connectivity index (χ4n) is 7.92. The highest BCUT2D eigenvalue weighted by Gasteiger charge is 2.25. The van der Waals surface area contributed by atoms with E-state index < -0.39 is 0 Å². The normalized spacial score (nSPS) is 12.2. The van der Waals surface area contributed by atoms with Gasteiger partial charge in [-0.2, -0.15) is 0 Å². The van der Waals surface area contributed by atoms with E-state index in [2.05, 4.69) is 124 Å². The first-order chi connectivity index (χ1) is 25.2. The van der Waals surface area contributed by atoms with Crippen LogP contribution in [-0.4, -0.2) is 26.2 Å². The van der Waals surface area contributed by atoms with Gasteiger partial charge < -0.3 is 14.0 Å². The average molecular weight is 657 g/mol. The molecule has 0 fully saturated rings. The van der Waals surface area contributed by atoms with Crippen molar-refractivity contribution in [2.45, 2.75) is 0 Å². The minimum Gasteiger partial charge on any atom is -0.497 e. The van der Waals surface area contributed by atoms with Crippen LogP contribution in [0.3, 0.4) is 0 Å². The number of hydrogen-bond acceptors (Lipinski definition) is 4. The van der Waals surface area contributed by atoms with Crippen LogP contribution < -0.4 is 9.47 Å². The highest BCUT2D eigenvalue weighted by molar-refractivity contribution is 6.13. The molecule has 0 unspecified atom stereocenters. The monoisotopic (exact) mass is 656 g/mol. The third-order valence-corrected chi connectivity index (χ3v) is 10.2. The van der Waals surface area contributed by atoms with Crippen LogP contribution in [0.4, 0.5) is 0 Å². The van der Waals surface area contributed by atoms with Crippen LogP contribution in [0.2, 0.25) is 0 Å². The molecule has 10 aromatic rings. The lowest BCUT2D eigenvalue weighted by molar-refractivity contribution is 0.409. The third kappa shape index (κ3) is 4.04. The van der Waals surface area contributed by atoms with Crippen LogP contribution >= 0.6 is 0 Å². The minimum atomic E-state index is 0.618. The second-order valence-corrected chi connectivity index (χ2v) is 13.0. The number of fused-ring (bicyclic) bond motifs is 8. The van der Waals surface area contributed by atoms with E-state index in [0.29, 0.717) is 5.95 Å². The second-order valence-electron chi connectivity index (χ2n) is 13.0. The molecule has 0 bridgehead atoms. The Kier molecular flexibility index (Phi) is 5.78. The largest absolute Gasteiger partial charge is 0.497 e. The Morgan fingerprint density at radius 1 is 0.510 bits per heavy atom. The molecule has 240 valence electrons. The van der Waals surface area contributed by atoms with Gasteiger partial charge in [-0.1, -0.05) is 72.8 Å². The highest BCUT2D eigenvalue weighted by Crippen LogP contribution is 2.47. The van der Waals surface area contributed by atoms with Gasteiger partial charge in [0, 0.05) is 38.9 Å². The lowest BCUT2D eigenvalue weighted by Gasteiger charge is -2.21. The van der Waals surface area contributed by atoms with Crippen LogP contribution in [0.25, 0.3) is 88.5 Å². The van der Waals surface area contributed by atoms with Crippen LogP contribution in [0, 0.1) is 0 Å². The molecule has 11 rings (SSSR count). The van der Waals surface area contributed by atoms with E-state index in [1.165, 1.54) is 27.4 Å². The first-order valence-corrected chi connectivity index (χ1v) is 17.0. The van der Waals surface area contributed by atoms with Crippen molar-refractivity contribution >= 4 is 54.5 Å². The van der Waals surface area contributed by atoms with Gasteiger partial charge in [0.15, 0.2) is 0 Å². The Balaban J connectivity index is 1.11. The summed E-state index contributed by atoms with van der Waals surface area (Å²) in [5.74, 6) is 2.81. The van der Waals surface area contributed by atoms with Crippen molar-refractivity contribution in [3.63, 3.8) is 0 Å². The summed E-state index contributed by atoms with van der Waals surface area (Å²) in [6, 6.07) is 53.2. The molecule has 51 heavy (non-hydrogen) atoms. The van der Waals surface area contributed by atoms with Crippen LogP contribution in [-0.2, 0) is 0 Å². The first-order valence-electron chi connectivity index (χ1n) is 17.0. The van der Waals surface area contributed by atoms with Gasteiger partial charge in [-0.05, 0) is 83.9 Å². The second kappa shape index (κ2) is 10.5. The smallest absolute Gasteiger partial charge is 0.235 e. The molecule has 3 aromatic heterocycles. The summed E-state index contributed by atoms with van der Waals surface area (Å²) in [5, 5.41) is 5.67. The minimum absolute atomic E-state index is 0.618. The van der Waals surface area contributed by atoms with Crippen molar-refractivity contribution < 1.29 is 9.47 Å². The maximum atomic E-state index is 6.32. The topological polar surface area (TPSA) is 54.1 Å². The molecule has 0 spiro atoms. The van der Waals surface area contributed by atoms with Gasteiger partial charge in [-0.3, -0.25) is 4.57 Å². The summed E-state index contributed by atoms with van der Waals surface area (Å²) in [6.07, 6.45) is 0. The number of benzene rings is 7. The van der Waals surface area contributed by atoms with Gasteiger partial charge in [0.1, 0.15) is 17.2 Å². The summed E-state index contributed by atoms with van der Waals surface area (Å²) >= 11 is 0. The van der Waals surface area contributed by atoms with E-state index >= 15 is 0 Å². The molecular formula is C45H28N4O2. The van der Waals surface area contributed by atoms with Gasteiger partial charge in [-0.25, -0.2) is 9.97 Å². The number of nitrogens with zero attached hydrogens (tertiary/aromatic N) is 4. The molecule has 4 heterocycles. The summed E-state index contributed by atoms with van der Waals surface area (Å²) < 4.78 is 16.4. The quantitative estimate of drug-likeness (QED) is 0.189. The maximum Gasteiger partial charge on any atom is 0.235 e. The average Bonchev–Trinajstić information content (AvgIpc) is 3.70. The number of ether oxygens (including phenoxy) is 2. The fourth-order valence-corrected chi connectivity index (χ4v) is 7.92. The maximum absolute atomic E-state index is 6.32. The van der Waals surface area contributed by atoms with Gasteiger partial charge in [0.05, 0.1) is 45.8 Å². The lowest BCUT2D eigenvalue weighted by Crippen LogP contribution is -2.06. The predicted octanol–water partition coefficient (Wildman–Crippen LogP) is 11.3. The van der Waals surface area contributed by atoms with E-state index in [4.69, 9.17) is 19.4 Å². The SMILES string of the molecule is COc1ccc2c(c1)Oc1cccc3nc(-n4c5ccccc5c5cc(-c6ccc7c(c6)c6ccccc6n7-c6ccccc6)ccc54)nc-2c13. The van der Waals surface area contributed by atoms with Crippen LogP contribution in [0.5, 0.6) is 17.2 Å². The summed E-state index contributed by atoms with van der Waals surface area (Å²) in [7, 11) is 1.66. The van der Waals surface area contributed by atoms with E-state index in [-0.39, 0.29) is 0 Å². The summed E-state index contributed by atoms with van der Waals surface area (Å²) in [5.41, 5.74) is 10.6. The number of para-hydroxylation sites is 3. The number of aromatic nitrogens is 4. The molecule has 0 atom stereocenters. The van der Waals surface area contributed by atoms with Crippen molar-refractivity contribution in [1.29, 1.82) is 0 Å². The molecule has 7 aromatic carbocycles.